The molecule has 8 nitrogen and oxygen atoms in total. The minimum atomic E-state index is -0.385. The van der Waals surface area contributed by atoms with Crippen LogP contribution in [0.1, 0.15) is 35.3 Å². The second-order valence-electron chi connectivity index (χ2n) is 5.95. The second kappa shape index (κ2) is 8.16. The Kier molecular flexibility index (Phi) is 5.49. The molecule has 0 unspecified atom stereocenters. The van der Waals surface area contributed by atoms with Gasteiger partial charge >= 0.3 is 0 Å². The molecular formula is C18H19N5O3. The highest BCUT2D eigenvalue weighted by Gasteiger charge is 2.17. The Bertz CT molecular complexity index is 816. The molecule has 1 saturated heterocycles. The lowest BCUT2D eigenvalue weighted by atomic mass is 10.1. The molecule has 2 N–H and O–H groups in total. The summed E-state index contributed by atoms with van der Waals surface area (Å²) in [4.78, 5) is 32.6. The number of nitriles is 1. The van der Waals surface area contributed by atoms with Gasteiger partial charge in [0, 0.05) is 18.7 Å². The van der Waals surface area contributed by atoms with Crippen LogP contribution in [0.15, 0.2) is 30.6 Å². The molecule has 0 radical (unpaired) electrons. The van der Waals surface area contributed by atoms with E-state index >= 15 is 0 Å². The van der Waals surface area contributed by atoms with Crippen molar-refractivity contribution >= 4 is 17.6 Å². The monoisotopic (exact) mass is 353 g/mol. The summed E-state index contributed by atoms with van der Waals surface area (Å²) in [6.45, 7) is 1.57. The van der Waals surface area contributed by atoms with Crippen LogP contribution in [0, 0.1) is 11.3 Å². The van der Waals surface area contributed by atoms with Gasteiger partial charge in [0.25, 0.3) is 11.8 Å². The molecule has 0 atom stereocenters. The molecule has 1 fully saturated rings. The van der Waals surface area contributed by atoms with Gasteiger partial charge < -0.3 is 19.9 Å². The number of aromatic nitrogens is 2. The first-order valence-corrected chi connectivity index (χ1v) is 8.43. The fourth-order valence-electron chi connectivity index (χ4n) is 2.74. The van der Waals surface area contributed by atoms with Gasteiger partial charge in [-0.05, 0) is 43.5 Å². The van der Waals surface area contributed by atoms with Gasteiger partial charge in [-0.15, -0.1) is 0 Å². The summed E-state index contributed by atoms with van der Waals surface area (Å²) in [5, 5.41) is 11.5. The Balaban J connectivity index is 1.53. The van der Waals surface area contributed by atoms with E-state index < -0.39 is 0 Å². The maximum absolute atomic E-state index is 12.2. The first-order chi connectivity index (χ1) is 12.7. The summed E-state index contributed by atoms with van der Waals surface area (Å²) >= 11 is 0. The minimum absolute atomic E-state index is 0.00958. The van der Waals surface area contributed by atoms with Crippen LogP contribution in [-0.4, -0.2) is 46.4 Å². The zero-order valence-corrected chi connectivity index (χ0v) is 14.2. The molecular weight excluding hydrogens is 334 g/mol. The first-order valence-electron chi connectivity index (χ1n) is 8.43. The van der Waals surface area contributed by atoms with E-state index in [1.165, 1.54) is 12.7 Å². The van der Waals surface area contributed by atoms with Crippen molar-refractivity contribution in [3.8, 4) is 11.8 Å². The third kappa shape index (κ3) is 4.19. The SMILES string of the molecule is N#Cc1[nH]cnc1NC(=O)c1ccc(OCC(=O)N2CCCCC2)cc1. The molecule has 1 aliphatic rings. The number of ether oxygens (including phenoxy) is 1. The first kappa shape index (κ1) is 17.5. The average Bonchev–Trinajstić information content (AvgIpc) is 3.14. The quantitative estimate of drug-likeness (QED) is 0.853. The van der Waals surface area contributed by atoms with Crippen LogP contribution in [0.3, 0.4) is 0 Å². The van der Waals surface area contributed by atoms with Crippen LogP contribution in [0.2, 0.25) is 0 Å². The van der Waals surface area contributed by atoms with Crippen molar-refractivity contribution in [1.82, 2.24) is 14.9 Å². The van der Waals surface area contributed by atoms with E-state index in [9.17, 15) is 9.59 Å². The van der Waals surface area contributed by atoms with Crippen LogP contribution in [-0.2, 0) is 4.79 Å². The molecule has 2 heterocycles. The summed E-state index contributed by atoms with van der Waals surface area (Å²) in [7, 11) is 0. The maximum Gasteiger partial charge on any atom is 0.260 e. The number of likely N-dealkylation sites (tertiary alicyclic amines) is 1. The number of hydrogen-bond acceptors (Lipinski definition) is 5. The smallest absolute Gasteiger partial charge is 0.260 e. The molecule has 0 aliphatic carbocycles. The van der Waals surface area contributed by atoms with Crippen molar-refractivity contribution in [3.63, 3.8) is 0 Å². The van der Waals surface area contributed by atoms with Gasteiger partial charge in [0.15, 0.2) is 18.1 Å². The van der Waals surface area contributed by atoms with Gasteiger partial charge in [-0.1, -0.05) is 0 Å². The number of amides is 2. The number of carbonyl (C=O) groups is 2. The van der Waals surface area contributed by atoms with E-state index in [2.05, 4.69) is 15.3 Å². The van der Waals surface area contributed by atoms with Gasteiger partial charge in [0.05, 0.1) is 6.33 Å². The largest absolute Gasteiger partial charge is 0.484 e. The van der Waals surface area contributed by atoms with Crippen molar-refractivity contribution in [3.05, 3.63) is 41.9 Å². The van der Waals surface area contributed by atoms with E-state index in [1.807, 2.05) is 11.0 Å². The fraction of sp³-hybridized carbons (Fsp3) is 0.333. The number of nitrogens with zero attached hydrogens (tertiary/aromatic N) is 3. The van der Waals surface area contributed by atoms with Crippen LogP contribution < -0.4 is 10.1 Å². The van der Waals surface area contributed by atoms with Gasteiger partial charge in [-0.3, -0.25) is 9.59 Å². The Morgan fingerprint density at radius 1 is 1.23 bits per heavy atom. The lowest BCUT2D eigenvalue weighted by Gasteiger charge is -2.26. The number of nitrogens with one attached hydrogen (secondary N) is 2. The minimum Gasteiger partial charge on any atom is -0.484 e. The number of rotatable bonds is 5. The Hall–Kier alpha value is -3.34. The van der Waals surface area contributed by atoms with E-state index in [0.29, 0.717) is 11.3 Å². The van der Waals surface area contributed by atoms with Crippen LogP contribution in [0.4, 0.5) is 5.82 Å². The number of anilines is 1. The zero-order valence-electron chi connectivity index (χ0n) is 14.2. The van der Waals surface area contributed by atoms with Crippen molar-refractivity contribution in [1.29, 1.82) is 5.26 Å². The lowest BCUT2D eigenvalue weighted by Crippen LogP contribution is -2.38. The van der Waals surface area contributed by atoms with E-state index in [1.54, 1.807) is 24.3 Å². The number of H-pyrrole nitrogens is 1. The number of carbonyl (C=O) groups excluding carboxylic acids is 2. The number of imidazole rings is 1. The Morgan fingerprint density at radius 3 is 2.65 bits per heavy atom. The van der Waals surface area contributed by atoms with Gasteiger partial charge in [-0.2, -0.15) is 5.26 Å². The number of benzene rings is 1. The summed E-state index contributed by atoms with van der Waals surface area (Å²) in [6, 6.07) is 8.36. The van der Waals surface area contributed by atoms with Gasteiger partial charge in [0.2, 0.25) is 0 Å². The fourth-order valence-corrected chi connectivity index (χ4v) is 2.74. The van der Waals surface area contributed by atoms with E-state index in [4.69, 9.17) is 10.00 Å². The topological polar surface area (TPSA) is 111 Å². The summed E-state index contributed by atoms with van der Waals surface area (Å²) in [6.07, 6.45) is 4.59. The molecule has 1 aliphatic heterocycles. The number of hydrogen-bond donors (Lipinski definition) is 2. The Morgan fingerprint density at radius 2 is 1.96 bits per heavy atom. The van der Waals surface area contributed by atoms with Crippen molar-refractivity contribution in [2.45, 2.75) is 19.3 Å². The van der Waals surface area contributed by atoms with Crippen molar-refractivity contribution < 1.29 is 14.3 Å². The molecule has 2 amide bonds. The third-order valence-corrected chi connectivity index (χ3v) is 4.17. The predicted molar refractivity (Wildman–Crippen MR) is 93.6 cm³/mol. The van der Waals surface area contributed by atoms with Crippen LogP contribution in [0.25, 0.3) is 0 Å². The van der Waals surface area contributed by atoms with Crippen molar-refractivity contribution in [2.75, 3.05) is 25.0 Å². The third-order valence-electron chi connectivity index (χ3n) is 4.17. The average molecular weight is 353 g/mol. The molecule has 0 spiro atoms. The molecule has 8 heteroatoms. The molecule has 0 bridgehead atoms. The molecule has 26 heavy (non-hydrogen) atoms. The lowest BCUT2D eigenvalue weighted by molar-refractivity contribution is -0.134. The molecule has 1 aromatic heterocycles. The predicted octanol–water partition coefficient (Wildman–Crippen LogP) is 1.92. The highest BCUT2D eigenvalue weighted by atomic mass is 16.5. The molecule has 3 rings (SSSR count). The zero-order chi connectivity index (χ0) is 18.4. The highest BCUT2D eigenvalue weighted by molar-refractivity contribution is 6.04. The number of aromatic amines is 1. The Labute approximate surface area is 150 Å². The van der Waals surface area contributed by atoms with E-state index in [0.717, 1.165) is 25.9 Å². The van der Waals surface area contributed by atoms with E-state index in [-0.39, 0.29) is 29.9 Å². The number of piperidine rings is 1. The highest BCUT2D eigenvalue weighted by Crippen LogP contribution is 2.15. The molecule has 0 saturated carbocycles. The van der Waals surface area contributed by atoms with Crippen molar-refractivity contribution in [2.24, 2.45) is 0 Å². The normalized spacial score (nSPS) is 13.7. The maximum atomic E-state index is 12.2. The van der Waals surface area contributed by atoms with Crippen LogP contribution >= 0.6 is 0 Å². The second-order valence-corrected chi connectivity index (χ2v) is 5.95. The molecule has 2 aromatic rings. The van der Waals surface area contributed by atoms with Gasteiger partial charge in [-0.25, -0.2) is 4.98 Å². The summed E-state index contributed by atoms with van der Waals surface area (Å²) in [5.74, 6) is 0.299. The molecule has 134 valence electrons. The molecule has 1 aromatic carbocycles. The summed E-state index contributed by atoms with van der Waals surface area (Å²) < 4.78 is 5.51. The van der Waals surface area contributed by atoms with Crippen LogP contribution in [0.5, 0.6) is 5.75 Å². The standard InChI is InChI=1S/C18H19N5O3/c19-10-15-17(21-12-20-15)22-18(25)13-4-6-14(7-5-13)26-11-16(24)23-8-2-1-3-9-23/h4-7,12H,1-3,8-9,11H2,(H,20,21)(H,22,25). The summed E-state index contributed by atoms with van der Waals surface area (Å²) in [5.41, 5.74) is 0.584. The van der Waals surface area contributed by atoms with Gasteiger partial charge in [0.1, 0.15) is 11.8 Å².